The molecule has 1 aliphatic carbocycles. The Morgan fingerprint density at radius 1 is 1.38 bits per heavy atom. The number of aliphatic hydroxyl groups is 1. The molecule has 0 unspecified atom stereocenters. The molecular weight excluding hydrogens is 206 g/mol. The highest BCUT2D eigenvalue weighted by atomic mass is 16.3. The molecule has 2 heterocycles. The Kier molecular flexibility index (Phi) is 1.79. The van der Waals surface area contributed by atoms with E-state index in [4.69, 9.17) is 11.5 Å². The molecule has 86 valence electrons. The normalized spacial score (nSPS) is 31.7. The Labute approximate surface area is 93.1 Å². The number of fused-ring (bicyclic) bond motifs is 4. The standard InChI is InChI=1S/C10H15N5O/c11-7-6-5-2-1-3-10(16,4-5)15-8(6)14-9(12)13-7/h5,16H,1-4H2,(H5,11,12,13,14,15)/t5-,10-/m1/s1. The molecule has 1 saturated carbocycles. The molecule has 0 saturated heterocycles. The number of nitrogens with two attached hydrogens (primary N) is 2. The third kappa shape index (κ3) is 1.30. The van der Waals surface area contributed by atoms with E-state index in [1.807, 2.05) is 0 Å². The maximum Gasteiger partial charge on any atom is 0.223 e. The van der Waals surface area contributed by atoms with Crippen LogP contribution < -0.4 is 16.8 Å². The predicted molar refractivity (Wildman–Crippen MR) is 60.6 cm³/mol. The van der Waals surface area contributed by atoms with E-state index in [1.54, 1.807) is 0 Å². The maximum absolute atomic E-state index is 10.3. The molecule has 1 aliphatic heterocycles. The zero-order valence-electron chi connectivity index (χ0n) is 8.90. The van der Waals surface area contributed by atoms with Crippen molar-refractivity contribution >= 4 is 17.6 Å². The summed E-state index contributed by atoms with van der Waals surface area (Å²) in [6, 6.07) is 0. The number of nitrogens with one attached hydrogen (secondary N) is 1. The van der Waals surface area contributed by atoms with Gasteiger partial charge in [-0.3, -0.25) is 0 Å². The summed E-state index contributed by atoms with van der Waals surface area (Å²) in [6.45, 7) is 0. The second-order valence-electron chi connectivity index (χ2n) is 4.68. The highest BCUT2D eigenvalue weighted by Crippen LogP contribution is 2.47. The average Bonchev–Trinajstić information content (AvgIpc) is 2.14. The predicted octanol–water partition coefficient (Wildman–Crippen LogP) is 0.413. The third-order valence-corrected chi connectivity index (χ3v) is 3.48. The lowest BCUT2D eigenvalue weighted by atomic mass is 9.76. The number of aromatic nitrogens is 2. The van der Waals surface area contributed by atoms with Gasteiger partial charge in [-0.1, -0.05) is 0 Å². The van der Waals surface area contributed by atoms with Crippen molar-refractivity contribution in [2.75, 3.05) is 16.8 Å². The average molecular weight is 221 g/mol. The van der Waals surface area contributed by atoms with E-state index in [0.29, 0.717) is 18.1 Å². The van der Waals surface area contributed by atoms with E-state index in [9.17, 15) is 5.11 Å². The van der Waals surface area contributed by atoms with Gasteiger partial charge in [-0.05, 0) is 25.2 Å². The number of hydrogen-bond acceptors (Lipinski definition) is 6. The summed E-state index contributed by atoms with van der Waals surface area (Å²) in [5.41, 5.74) is 11.5. The van der Waals surface area contributed by atoms with Crippen LogP contribution in [0, 0.1) is 0 Å². The van der Waals surface area contributed by atoms with Gasteiger partial charge in [-0.2, -0.15) is 9.97 Å². The van der Waals surface area contributed by atoms with Gasteiger partial charge in [-0.15, -0.1) is 0 Å². The topological polar surface area (TPSA) is 110 Å². The molecule has 0 spiro atoms. The maximum atomic E-state index is 10.3. The van der Waals surface area contributed by atoms with Crippen LogP contribution in [0.2, 0.25) is 0 Å². The Balaban J connectivity index is 2.15. The molecule has 2 aliphatic rings. The first-order valence-electron chi connectivity index (χ1n) is 5.51. The fourth-order valence-electron chi connectivity index (χ4n) is 2.84. The van der Waals surface area contributed by atoms with Gasteiger partial charge in [0.1, 0.15) is 17.4 Å². The van der Waals surface area contributed by atoms with Crippen LogP contribution in [0.1, 0.15) is 37.2 Å². The third-order valence-electron chi connectivity index (χ3n) is 3.48. The Hall–Kier alpha value is -1.56. The Bertz CT molecular complexity index is 449. The van der Waals surface area contributed by atoms with Gasteiger partial charge in [-0.25, -0.2) is 0 Å². The zero-order chi connectivity index (χ0) is 11.3. The van der Waals surface area contributed by atoms with Crippen LogP contribution in [0.4, 0.5) is 17.6 Å². The van der Waals surface area contributed by atoms with Crippen molar-refractivity contribution in [3.05, 3.63) is 5.56 Å². The van der Waals surface area contributed by atoms with Crippen LogP contribution in [0.3, 0.4) is 0 Å². The lowest BCUT2D eigenvalue weighted by Crippen LogP contribution is -2.46. The summed E-state index contributed by atoms with van der Waals surface area (Å²) >= 11 is 0. The van der Waals surface area contributed by atoms with Crippen molar-refractivity contribution in [2.45, 2.75) is 37.3 Å². The van der Waals surface area contributed by atoms with Crippen LogP contribution in [-0.2, 0) is 0 Å². The Morgan fingerprint density at radius 3 is 3.00 bits per heavy atom. The molecule has 16 heavy (non-hydrogen) atoms. The first-order valence-corrected chi connectivity index (χ1v) is 5.51. The quantitative estimate of drug-likeness (QED) is 0.505. The van der Waals surface area contributed by atoms with Gasteiger partial charge >= 0.3 is 0 Å². The molecule has 6 heteroatoms. The van der Waals surface area contributed by atoms with Crippen LogP contribution >= 0.6 is 0 Å². The minimum Gasteiger partial charge on any atom is -0.383 e. The number of anilines is 3. The number of nitrogens with zero attached hydrogens (tertiary/aromatic N) is 2. The number of rotatable bonds is 0. The Morgan fingerprint density at radius 2 is 2.19 bits per heavy atom. The fourth-order valence-corrected chi connectivity index (χ4v) is 2.84. The second-order valence-corrected chi connectivity index (χ2v) is 4.68. The van der Waals surface area contributed by atoms with Crippen molar-refractivity contribution in [1.82, 2.24) is 9.97 Å². The van der Waals surface area contributed by atoms with Crippen molar-refractivity contribution in [1.29, 1.82) is 0 Å². The van der Waals surface area contributed by atoms with E-state index in [1.165, 1.54) is 0 Å². The van der Waals surface area contributed by atoms with Gasteiger partial charge < -0.3 is 21.9 Å². The van der Waals surface area contributed by atoms with E-state index >= 15 is 0 Å². The summed E-state index contributed by atoms with van der Waals surface area (Å²) in [5, 5.41) is 13.3. The summed E-state index contributed by atoms with van der Waals surface area (Å²) in [5.74, 6) is 1.43. The molecule has 0 amide bonds. The summed E-state index contributed by atoms with van der Waals surface area (Å²) in [6.07, 6.45) is 3.43. The van der Waals surface area contributed by atoms with Gasteiger partial charge in [0.15, 0.2) is 0 Å². The van der Waals surface area contributed by atoms with Crippen molar-refractivity contribution < 1.29 is 5.11 Å². The van der Waals surface area contributed by atoms with Gasteiger partial charge in [0, 0.05) is 12.0 Å². The SMILES string of the molecule is Nc1nc(N)c2c(n1)N[C@@]1(O)CCC[C@@H]2C1. The van der Waals surface area contributed by atoms with E-state index < -0.39 is 5.72 Å². The minimum absolute atomic E-state index is 0.146. The highest BCUT2D eigenvalue weighted by molar-refractivity contribution is 5.62. The molecule has 6 nitrogen and oxygen atoms in total. The molecule has 2 atom stereocenters. The van der Waals surface area contributed by atoms with Crippen LogP contribution in [0.15, 0.2) is 0 Å². The largest absolute Gasteiger partial charge is 0.383 e. The van der Waals surface area contributed by atoms with Crippen LogP contribution in [-0.4, -0.2) is 20.8 Å². The first kappa shape index (κ1) is 9.65. The lowest BCUT2D eigenvalue weighted by molar-refractivity contribution is 0.0177. The summed E-state index contributed by atoms with van der Waals surface area (Å²) in [7, 11) is 0. The molecular formula is C10H15N5O. The molecule has 0 aromatic carbocycles. The summed E-state index contributed by atoms with van der Waals surface area (Å²) in [4.78, 5) is 8.10. The molecule has 1 aromatic rings. The molecule has 1 fully saturated rings. The molecule has 3 rings (SSSR count). The van der Waals surface area contributed by atoms with Crippen molar-refractivity contribution in [3.8, 4) is 0 Å². The van der Waals surface area contributed by atoms with Crippen molar-refractivity contribution in [3.63, 3.8) is 0 Å². The molecule has 2 bridgehead atoms. The lowest BCUT2D eigenvalue weighted by Gasteiger charge is -2.43. The van der Waals surface area contributed by atoms with Gasteiger partial charge in [0.05, 0.1) is 0 Å². The molecule has 6 N–H and O–H groups in total. The van der Waals surface area contributed by atoms with E-state index in [2.05, 4.69) is 15.3 Å². The van der Waals surface area contributed by atoms with Crippen LogP contribution in [0.5, 0.6) is 0 Å². The highest BCUT2D eigenvalue weighted by Gasteiger charge is 2.42. The first-order chi connectivity index (χ1) is 7.57. The number of nitrogen functional groups attached to an aromatic ring is 2. The van der Waals surface area contributed by atoms with Gasteiger partial charge in [0.25, 0.3) is 0 Å². The van der Waals surface area contributed by atoms with E-state index in [0.717, 1.165) is 24.8 Å². The molecule has 1 aromatic heterocycles. The van der Waals surface area contributed by atoms with E-state index in [-0.39, 0.29) is 11.9 Å². The number of hydrogen-bond donors (Lipinski definition) is 4. The monoisotopic (exact) mass is 221 g/mol. The minimum atomic E-state index is -0.844. The molecule has 0 radical (unpaired) electrons. The van der Waals surface area contributed by atoms with Crippen LogP contribution in [0.25, 0.3) is 0 Å². The summed E-state index contributed by atoms with van der Waals surface area (Å²) < 4.78 is 0. The second kappa shape index (κ2) is 2.98. The van der Waals surface area contributed by atoms with Gasteiger partial charge in [0.2, 0.25) is 5.95 Å². The zero-order valence-corrected chi connectivity index (χ0v) is 8.90. The van der Waals surface area contributed by atoms with Crippen molar-refractivity contribution in [2.24, 2.45) is 0 Å². The fraction of sp³-hybridized carbons (Fsp3) is 0.600. The smallest absolute Gasteiger partial charge is 0.223 e.